The van der Waals surface area contributed by atoms with Crippen LogP contribution in [0.15, 0.2) is 12.3 Å². The lowest BCUT2D eigenvalue weighted by Gasteiger charge is -2.22. The fourth-order valence-electron chi connectivity index (χ4n) is 1.90. The second kappa shape index (κ2) is 5.89. The molecule has 0 aliphatic heterocycles. The number of halogens is 2. The van der Waals surface area contributed by atoms with Gasteiger partial charge in [0, 0.05) is 18.8 Å². The van der Waals surface area contributed by atoms with Crippen molar-refractivity contribution < 1.29 is 4.79 Å². The molecule has 0 bridgehead atoms. The second-order valence-electron chi connectivity index (χ2n) is 4.57. The molecule has 1 fully saturated rings. The molecule has 98 valence electrons. The van der Waals surface area contributed by atoms with Crippen LogP contribution in [0, 0.1) is 0 Å². The molecular formula is C13H16Cl2N2O. The number of rotatable bonds is 5. The number of carbonyl (C=O) groups excluding carboxylic acids is 1. The van der Waals surface area contributed by atoms with Gasteiger partial charge in [-0.25, -0.2) is 4.98 Å². The minimum absolute atomic E-state index is 0.0275. The predicted octanol–water partition coefficient (Wildman–Crippen LogP) is 3.79. The average Bonchev–Trinajstić information content (AvgIpc) is 3.17. The van der Waals surface area contributed by atoms with Gasteiger partial charge in [0.2, 0.25) is 0 Å². The minimum atomic E-state index is -0.0275. The molecule has 1 aliphatic carbocycles. The molecule has 1 saturated carbocycles. The van der Waals surface area contributed by atoms with Crippen molar-refractivity contribution in [3.63, 3.8) is 0 Å². The number of unbranched alkanes of at least 4 members (excludes halogenated alkanes) is 1. The standard InChI is InChI=1S/C13H16Cl2N2O/c1-2-3-6-17(9-4-5-9)13(18)10-7-12(15)16-8-11(10)14/h7-9H,2-6H2,1H3. The fourth-order valence-corrected chi connectivity index (χ4v) is 2.24. The van der Waals surface area contributed by atoms with Crippen molar-refractivity contribution in [2.75, 3.05) is 6.54 Å². The van der Waals surface area contributed by atoms with Crippen LogP contribution in [-0.2, 0) is 0 Å². The molecule has 3 nitrogen and oxygen atoms in total. The van der Waals surface area contributed by atoms with Crippen molar-refractivity contribution >= 4 is 29.1 Å². The first-order chi connectivity index (χ1) is 8.63. The molecule has 0 spiro atoms. The van der Waals surface area contributed by atoms with Gasteiger partial charge in [-0.3, -0.25) is 4.79 Å². The van der Waals surface area contributed by atoms with Gasteiger partial charge in [0.1, 0.15) is 5.15 Å². The van der Waals surface area contributed by atoms with Crippen LogP contribution in [0.25, 0.3) is 0 Å². The highest BCUT2D eigenvalue weighted by molar-refractivity contribution is 6.35. The average molecular weight is 287 g/mol. The Kier molecular flexibility index (Phi) is 4.46. The first-order valence-electron chi connectivity index (χ1n) is 6.25. The van der Waals surface area contributed by atoms with Crippen LogP contribution in [0.1, 0.15) is 43.0 Å². The van der Waals surface area contributed by atoms with E-state index in [1.165, 1.54) is 6.20 Å². The zero-order valence-corrected chi connectivity index (χ0v) is 11.8. The van der Waals surface area contributed by atoms with E-state index in [1.807, 2.05) is 4.90 Å². The highest BCUT2D eigenvalue weighted by Crippen LogP contribution is 2.30. The van der Waals surface area contributed by atoms with Crippen LogP contribution >= 0.6 is 23.2 Å². The van der Waals surface area contributed by atoms with Gasteiger partial charge in [-0.1, -0.05) is 36.5 Å². The quantitative estimate of drug-likeness (QED) is 0.772. The number of carbonyl (C=O) groups is 1. The molecular weight excluding hydrogens is 271 g/mol. The van der Waals surface area contributed by atoms with Gasteiger partial charge in [-0.15, -0.1) is 0 Å². The van der Waals surface area contributed by atoms with E-state index in [2.05, 4.69) is 11.9 Å². The molecule has 2 rings (SSSR count). The number of pyridine rings is 1. The highest BCUT2D eigenvalue weighted by Gasteiger charge is 2.33. The third kappa shape index (κ3) is 3.15. The Morgan fingerprint density at radius 3 is 2.83 bits per heavy atom. The van der Waals surface area contributed by atoms with E-state index in [9.17, 15) is 4.79 Å². The fraction of sp³-hybridized carbons (Fsp3) is 0.538. The van der Waals surface area contributed by atoms with Crippen LogP contribution in [0.3, 0.4) is 0 Å². The summed E-state index contributed by atoms with van der Waals surface area (Å²) in [4.78, 5) is 18.2. The summed E-state index contributed by atoms with van der Waals surface area (Å²) in [7, 11) is 0. The zero-order valence-electron chi connectivity index (χ0n) is 10.3. The molecule has 5 heteroatoms. The molecule has 0 radical (unpaired) electrons. The maximum absolute atomic E-state index is 12.5. The predicted molar refractivity (Wildman–Crippen MR) is 73.2 cm³/mol. The zero-order chi connectivity index (χ0) is 13.1. The maximum Gasteiger partial charge on any atom is 0.255 e. The van der Waals surface area contributed by atoms with Crippen molar-refractivity contribution in [1.29, 1.82) is 0 Å². The van der Waals surface area contributed by atoms with E-state index in [-0.39, 0.29) is 5.91 Å². The topological polar surface area (TPSA) is 33.2 Å². The largest absolute Gasteiger partial charge is 0.336 e. The molecule has 18 heavy (non-hydrogen) atoms. The van der Waals surface area contributed by atoms with E-state index in [0.29, 0.717) is 21.8 Å². The molecule has 1 amide bonds. The summed E-state index contributed by atoms with van der Waals surface area (Å²) in [6, 6.07) is 1.93. The minimum Gasteiger partial charge on any atom is -0.336 e. The first kappa shape index (κ1) is 13.6. The Morgan fingerprint density at radius 2 is 2.22 bits per heavy atom. The molecule has 0 atom stereocenters. The van der Waals surface area contributed by atoms with Crippen molar-refractivity contribution in [3.8, 4) is 0 Å². The Labute approximate surface area is 117 Å². The summed E-state index contributed by atoms with van der Waals surface area (Å²) in [6.45, 7) is 2.90. The summed E-state index contributed by atoms with van der Waals surface area (Å²) in [6.07, 6.45) is 5.69. The van der Waals surface area contributed by atoms with Crippen molar-refractivity contribution in [3.05, 3.63) is 28.0 Å². The summed E-state index contributed by atoms with van der Waals surface area (Å²) < 4.78 is 0. The SMILES string of the molecule is CCCCN(C(=O)c1cc(Cl)ncc1Cl)C1CC1. The van der Waals surface area contributed by atoms with Crippen LogP contribution in [0.4, 0.5) is 0 Å². The number of amides is 1. The molecule has 1 aliphatic rings. The summed E-state index contributed by atoms with van der Waals surface area (Å²) in [5.74, 6) is -0.0275. The number of hydrogen-bond acceptors (Lipinski definition) is 2. The summed E-state index contributed by atoms with van der Waals surface area (Å²) in [5.41, 5.74) is 0.458. The van der Waals surface area contributed by atoms with Crippen molar-refractivity contribution in [1.82, 2.24) is 9.88 Å². The van der Waals surface area contributed by atoms with Gasteiger partial charge in [0.25, 0.3) is 5.91 Å². The first-order valence-corrected chi connectivity index (χ1v) is 7.01. The molecule has 0 aromatic carbocycles. The Morgan fingerprint density at radius 1 is 1.50 bits per heavy atom. The van der Waals surface area contributed by atoms with Crippen LogP contribution < -0.4 is 0 Å². The Hall–Kier alpha value is -0.800. The van der Waals surface area contributed by atoms with Gasteiger partial charge < -0.3 is 4.90 Å². The highest BCUT2D eigenvalue weighted by atomic mass is 35.5. The summed E-state index contributed by atoms with van der Waals surface area (Å²) >= 11 is 11.9. The van der Waals surface area contributed by atoms with E-state index >= 15 is 0 Å². The smallest absolute Gasteiger partial charge is 0.255 e. The Bertz CT molecular complexity index is 447. The van der Waals surface area contributed by atoms with Crippen molar-refractivity contribution in [2.24, 2.45) is 0 Å². The van der Waals surface area contributed by atoms with Gasteiger partial charge in [0.15, 0.2) is 0 Å². The molecule has 1 heterocycles. The van der Waals surface area contributed by atoms with Crippen LogP contribution in [0.5, 0.6) is 0 Å². The Balaban J connectivity index is 2.19. The lowest BCUT2D eigenvalue weighted by molar-refractivity contribution is 0.0741. The normalized spacial score (nSPS) is 14.6. The maximum atomic E-state index is 12.5. The molecule has 0 saturated heterocycles. The van der Waals surface area contributed by atoms with E-state index < -0.39 is 0 Å². The van der Waals surface area contributed by atoms with Gasteiger partial charge in [-0.05, 0) is 25.3 Å². The number of hydrogen-bond donors (Lipinski definition) is 0. The second-order valence-corrected chi connectivity index (χ2v) is 5.36. The van der Waals surface area contributed by atoms with Gasteiger partial charge in [0.05, 0.1) is 10.6 Å². The molecule has 1 aromatic heterocycles. The molecule has 0 unspecified atom stereocenters. The monoisotopic (exact) mass is 286 g/mol. The van der Waals surface area contributed by atoms with Crippen molar-refractivity contribution in [2.45, 2.75) is 38.6 Å². The van der Waals surface area contributed by atoms with E-state index in [4.69, 9.17) is 23.2 Å². The third-order valence-corrected chi connectivity index (χ3v) is 3.56. The van der Waals surface area contributed by atoms with Crippen LogP contribution in [-0.4, -0.2) is 28.4 Å². The van der Waals surface area contributed by atoms with Gasteiger partial charge in [-0.2, -0.15) is 0 Å². The van der Waals surface area contributed by atoms with Gasteiger partial charge >= 0.3 is 0 Å². The number of aromatic nitrogens is 1. The van der Waals surface area contributed by atoms with E-state index in [1.54, 1.807) is 6.07 Å². The molecule has 1 aromatic rings. The van der Waals surface area contributed by atoms with Crippen LogP contribution in [0.2, 0.25) is 10.2 Å². The lowest BCUT2D eigenvalue weighted by atomic mass is 10.2. The van der Waals surface area contributed by atoms with E-state index in [0.717, 1.165) is 32.2 Å². The number of nitrogens with zero attached hydrogens (tertiary/aromatic N) is 2. The molecule has 0 N–H and O–H groups in total. The third-order valence-electron chi connectivity index (χ3n) is 3.05. The summed E-state index contributed by atoms with van der Waals surface area (Å²) in [5, 5.41) is 0.667. The lowest BCUT2D eigenvalue weighted by Crippen LogP contribution is -2.34.